The van der Waals surface area contributed by atoms with Gasteiger partial charge in [0.25, 0.3) is 0 Å². The topological polar surface area (TPSA) is 52.7 Å². The largest absolute Gasteiger partial charge is 0.355 e. The van der Waals surface area contributed by atoms with E-state index >= 15 is 0 Å². The summed E-state index contributed by atoms with van der Waals surface area (Å²) in [5.41, 5.74) is 1.12. The van der Waals surface area contributed by atoms with Gasteiger partial charge in [0.2, 0.25) is 11.8 Å². The number of carbonyl (C=O) groups is 2. The van der Waals surface area contributed by atoms with Crippen molar-refractivity contribution in [1.29, 1.82) is 0 Å². The Hall–Kier alpha value is -1.30. The molecular weight excluding hydrogens is 349 g/mol. The average Bonchev–Trinajstić information content (AvgIpc) is 2.86. The van der Waals surface area contributed by atoms with Crippen LogP contribution in [-0.2, 0) is 16.1 Å². The number of nitrogens with zero attached hydrogens (tertiary/aromatic N) is 2. The molecule has 1 atom stereocenters. The van der Waals surface area contributed by atoms with E-state index in [2.05, 4.69) is 10.2 Å². The van der Waals surface area contributed by atoms with Gasteiger partial charge in [-0.3, -0.25) is 14.5 Å². The quantitative estimate of drug-likeness (QED) is 0.887. The lowest BCUT2D eigenvalue weighted by Gasteiger charge is -2.24. The standard InChI is InChI=1S/C17H21Cl2N3O2/c18-14-3-2-12(8-15(14)19)11-21-4-1-5-22(7-6-21)17(24)13-9-16(23)20-10-13/h2-3,8,13H,1,4-7,9-11H2,(H,20,23). The first-order valence-corrected chi connectivity index (χ1v) is 9.00. The molecule has 0 aliphatic carbocycles. The zero-order valence-corrected chi connectivity index (χ0v) is 14.9. The number of hydrogen-bond donors (Lipinski definition) is 1. The Morgan fingerprint density at radius 2 is 2.00 bits per heavy atom. The summed E-state index contributed by atoms with van der Waals surface area (Å²) in [6, 6.07) is 5.70. The fourth-order valence-corrected chi connectivity index (χ4v) is 3.60. The predicted molar refractivity (Wildman–Crippen MR) is 94.1 cm³/mol. The molecule has 1 N–H and O–H groups in total. The molecule has 2 aliphatic heterocycles. The summed E-state index contributed by atoms with van der Waals surface area (Å²) >= 11 is 12.0. The van der Waals surface area contributed by atoms with Gasteiger partial charge in [-0.15, -0.1) is 0 Å². The maximum Gasteiger partial charge on any atom is 0.228 e. The van der Waals surface area contributed by atoms with Crippen LogP contribution in [0.4, 0.5) is 0 Å². The number of carbonyl (C=O) groups excluding carboxylic acids is 2. The Morgan fingerprint density at radius 1 is 1.17 bits per heavy atom. The summed E-state index contributed by atoms with van der Waals surface area (Å²) in [6.45, 7) is 4.47. The second-order valence-corrected chi connectivity index (χ2v) is 7.22. The van der Waals surface area contributed by atoms with Gasteiger partial charge in [-0.1, -0.05) is 29.3 Å². The van der Waals surface area contributed by atoms with Crippen LogP contribution in [0, 0.1) is 5.92 Å². The minimum Gasteiger partial charge on any atom is -0.355 e. The van der Waals surface area contributed by atoms with E-state index in [9.17, 15) is 9.59 Å². The van der Waals surface area contributed by atoms with E-state index in [1.807, 2.05) is 23.1 Å². The lowest BCUT2D eigenvalue weighted by molar-refractivity contribution is -0.135. The number of amides is 2. The smallest absolute Gasteiger partial charge is 0.228 e. The third-order valence-electron chi connectivity index (χ3n) is 4.62. The maximum atomic E-state index is 12.5. The van der Waals surface area contributed by atoms with Crippen molar-refractivity contribution in [2.45, 2.75) is 19.4 Å². The minimum absolute atomic E-state index is 0.0237. The summed E-state index contributed by atoms with van der Waals surface area (Å²) in [4.78, 5) is 28.1. The Labute approximate surface area is 151 Å². The Bertz CT molecular complexity index is 638. The first-order chi connectivity index (χ1) is 11.5. The molecule has 24 heavy (non-hydrogen) atoms. The second kappa shape index (κ2) is 7.72. The van der Waals surface area contributed by atoms with E-state index in [-0.39, 0.29) is 17.7 Å². The average molecular weight is 370 g/mol. The number of benzene rings is 1. The Kier molecular flexibility index (Phi) is 5.64. The SMILES string of the molecule is O=C1CC(C(=O)N2CCCN(Cc3ccc(Cl)c(Cl)c3)CC2)CN1. The van der Waals surface area contributed by atoms with Crippen molar-refractivity contribution in [2.24, 2.45) is 5.92 Å². The molecule has 5 nitrogen and oxygen atoms in total. The lowest BCUT2D eigenvalue weighted by atomic mass is 10.1. The molecule has 1 aromatic rings. The van der Waals surface area contributed by atoms with E-state index in [1.165, 1.54) is 0 Å². The van der Waals surface area contributed by atoms with Gasteiger partial charge >= 0.3 is 0 Å². The van der Waals surface area contributed by atoms with Gasteiger partial charge in [0, 0.05) is 45.7 Å². The van der Waals surface area contributed by atoms with Crippen LogP contribution in [0.5, 0.6) is 0 Å². The highest BCUT2D eigenvalue weighted by atomic mass is 35.5. The van der Waals surface area contributed by atoms with Gasteiger partial charge in [0.1, 0.15) is 0 Å². The van der Waals surface area contributed by atoms with E-state index < -0.39 is 0 Å². The molecule has 2 amide bonds. The van der Waals surface area contributed by atoms with Crippen LogP contribution in [0.2, 0.25) is 10.0 Å². The highest BCUT2D eigenvalue weighted by Crippen LogP contribution is 2.23. The van der Waals surface area contributed by atoms with Crippen LogP contribution in [0.3, 0.4) is 0 Å². The van der Waals surface area contributed by atoms with Gasteiger partial charge < -0.3 is 10.2 Å². The Morgan fingerprint density at radius 3 is 2.71 bits per heavy atom. The van der Waals surface area contributed by atoms with Crippen molar-refractivity contribution >= 4 is 35.0 Å². The zero-order valence-electron chi connectivity index (χ0n) is 13.4. The summed E-state index contributed by atoms with van der Waals surface area (Å²) in [6.07, 6.45) is 1.25. The summed E-state index contributed by atoms with van der Waals surface area (Å²) in [5.74, 6) is -0.117. The zero-order chi connectivity index (χ0) is 17.1. The number of nitrogens with one attached hydrogen (secondary N) is 1. The van der Waals surface area contributed by atoms with E-state index in [4.69, 9.17) is 23.2 Å². The monoisotopic (exact) mass is 369 g/mol. The predicted octanol–water partition coefficient (Wildman–Crippen LogP) is 2.16. The summed E-state index contributed by atoms with van der Waals surface area (Å²) < 4.78 is 0. The Balaban J connectivity index is 1.55. The van der Waals surface area contributed by atoms with Crippen LogP contribution < -0.4 is 5.32 Å². The third kappa shape index (κ3) is 4.21. The van der Waals surface area contributed by atoms with Crippen molar-refractivity contribution in [3.8, 4) is 0 Å². The molecule has 2 heterocycles. The molecule has 0 saturated carbocycles. The number of rotatable bonds is 3. The first kappa shape index (κ1) is 17.5. The lowest BCUT2D eigenvalue weighted by Crippen LogP contribution is -2.39. The molecular formula is C17H21Cl2N3O2. The van der Waals surface area contributed by atoms with Crippen LogP contribution in [0.25, 0.3) is 0 Å². The maximum absolute atomic E-state index is 12.5. The van der Waals surface area contributed by atoms with Crippen LogP contribution in [0.1, 0.15) is 18.4 Å². The molecule has 7 heteroatoms. The number of halogens is 2. The molecule has 0 aromatic heterocycles. The highest BCUT2D eigenvalue weighted by molar-refractivity contribution is 6.42. The summed E-state index contributed by atoms with van der Waals surface area (Å²) in [7, 11) is 0. The van der Waals surface area contributed by atoms with Crippen molar-refractivity contribution in [1.82, 2.24) is 15.1 Å². The third-order valence-corrected chi connectivity index (χ3v) is 5.36. The molecule has 1 aromatic carbocycles. The summed E-state index contributed by atoms with van der Waals surface area (Å²) in [5, 5.41) is 3.87. The molecule has 130 valence electrons. The van der Waals surface area contributed by atoms with E-state index in [0.717, 1.165) is 38.2 Å². The van der Waals surface area contributed by atoms with Gasteiger partial charge in [0.05, 0.1) is 16.0 Å². The molecule has 0 radical (unpaired) electrons. The van der Waals surface area contributed by atoms with Crippen molar-refractivity contribution in [2.75, 3.05) is 32.7 Å². The first-order valence-electron chi connectivity index (χ1n) is 8.24. The molecule has 0 spiro atoms. The minimum atomic E-state index is -0.195. The van der Waals surface area contributed by atoms with E-state index in [0.29, 0.717) is 29.6 Å². The molecule has 2 fully saturated rings. The fourth-order valence-electron chi connectivity index (χ4n) is 3.28. The second-order valence-electron chi connectivity index (χ2n) is 6.41. The van der Waals surface area contributed by atoms with Crippen LogP contribution >= 0.6 is 23.2 Å². The fraction of sp³-hybridized carbons (Fsp3) is 0.529. The highest BCUT2D eigenvalue weighted by Gasteiger charge is 2.32. The molecule has 0 bridgehead atoms. The van der Waals surface area contributed by atoms with Crippen molar-refractivity contribution in [3.05, 3.63) is 33.8 Å². The van der Waals surface area contributed by atoms with Gasteiger partial charge in [-0.05, 0) is 24.1 Å². The van der Waals surface area contributed by atoms with E-state index in [1.54, 1.807) is 0 Å². The number of hydrogen-bond acceptors (Lipinski definition) is 3. The van der Waals surface area contributed by atoms with Crippen molar-refractivity contribution in [3.63, 3.8) is 0 Å². The van der Waals surface area contributed by atoms with Gasteiger partial charge in [0.15, 0.2) is 0 Å². The molecule has 2 aliphatic rings. The van der Waals surface area contributed by atoms with Crippen molar-refractivity contribution < 1.29 is 9.59 Å². The molecule has 3 rings (SSSR count). The van der Waals surface area contributed by atoms with Crippen LogP contribution in [-0.4, -0.2) is 54.3 Å². The van der Waals surface area contributed by atoms with Gasteiger partial charge in [-0.2, -0.15) is 0 Å². The molecule has 1 unspecified atom stereocenters. The van der Waals surface area contributed by atoms with Gasteiger partial charge in [-0.25, -0.2) is 0 Å². The van der Waals surface area contributed by atoms with Crippen LogP contribution in [0.15, 0.2) is 18.2 Å². The molecule has 2 saturated heterocycles. The normalized spacial score (nSPS) is 22.3.